The molecule has 4 heteroatoms. The summed E-state index contributed by atoms with van der Waals surface area (Å²) in [4.78, 5) is 25.1. The average Bonchev–Trinajstić information content (AvgIpc) is 2.73. The molecule has 1 heterocycles. The van der Waals surface area contributed by atoms with Crippen molar-refractivity contribution in [2.24, 2.45) is 5.92 Å². The molecule has 2 amide bonds. The maximum atomic E-state index is 11.8. The van der Waals surface area contributed by atoms with E-state index < -0.39 is 0 Å². The van der Waals surface area contributed by atoms with Gasteiger partial charge in [0.1, 0.15) is 0 Å². The van der Waals surface area contributed by atoms with E-state index in [4.69, 9.17) is 0 Å². The fourth-order valence-corrected chi connectivity index (χ4v) is 2.22. The van der Waals surface area contributed by atoms with Gasteiger partial charge in [0.15, 0.2) is 0 Å². The number of nitrogens with zero attached hydrogens (tertiary/aromatic N) is 1. The molecule has 1 aliphatic rings. The van der Waals surface area contributed by atoms with Crippen molar-refractivity contribution >= 4 is 11.8 Å². The lowest BCUT2D eigenvalue weighted by molar-refractivity contribution is -0.129. The minimum atomic E-state index is -0.201. The minimum Gasteiger partial charge on any atom is -0.359 e. The number of likely N-dealkylation sites (tertiary alicyclic amines) is 1. The summed E-state index contributed by atoms with van der Waals surface area (Å²) in [7, 11) is 1.61. The number of hydrogen-bond donors (Lipinski definition) is 1. The fourth-order valence-electron chi connectivity index (χ4n) is 2.22. The predicted octanol–water partition coefficient (Wildman–Crippen LogP) is 1.09. The molecule has 1 aliphatic heterocycles. The number of nitrogens with one attached hydrogen (secondary N) is 1. The Labute approximate surface area is 107 Å². The molecule has 0 radical (unpaired) electrons. The Hall–Kier alpha value is -1.84. The van der Waals surface area contributed by atoms with E-state index in [1.807, 2.05) is 31.2 Å². The van der Waals surface area contributed by atoms with Crippen molar-refractivity contribution in [3.05, 3.63) is 35.4 Å². The summed E-state index contributed by atoms with van der Waals surface area (Å²) < 4.78 is 0. The van der Waals surface area contributed by atoms with Crippen molar-refractivity contribution in [1.82, 2.24) is 10.2 Å². The van der Waals surface area contributed by atoms with Gasteiger partial charge in [0.2, 0.25) is 11.8 Å². The molecule has 0 aliphatic carbocycles. The van der Waals surface area contributed by atoms with E-state index >= 15 is 0 Å². The first kappa shape index (κ1) is 12.6. The van der Waals surface area contributed by atoms with Crippen molar-refractivity contribution in [2.75, 3.05) is 13.6 Å². The molecule has 1 unspecified atom stereocenters. The number of amides is 2. The zero-order chi connectivity index (χ0) is 13.1. The second-order valence-corrected chi connectivity index (χ2v) is 4.78. The number of carbonyl (C=O) groups excluding carboxylic acids is 2. The Kier molecular flexibility index (Phi) is 3.65. The van der Waals surface area contributed by atoms with Crippen LogP contribution in [0.25, 0.3) is 0 Å². The van der Waals surface area contributed by atoms with Crippen LogP contribution in [0.3, 0.4) is 0 Å². The van der Waals surface area contributed by atoms with Gasteiger partial charge in [0.05, 0.1) is 5.92 Å². The third-order valence-electron chi connectivity index (χ3n) is 3.33. The second kappa shape index (κ2) is 5.21. The van der Waals surface area contributed by atoms with Gasteiger partial charge in [0.25, 0.3) is 0 Å². The highest BCUT2D eigenvalue weighted by atomic mass is 16.2. The first-order chi connectivity index (χ1) is 8.60. The molecule has 0 aromatic heterocycles. The smallest absolute Gasteiger partial charge is 0.225 e. The highest BCUT2D eigenvalue weighted by Crippen LogP contribution is 2.20. The van der Waals surface area contributed by atoms with Crippen molar-refractivity contribution in [1.29, 1.82) is 0 Å². The first-order valence-corrected chi connectivity index (χ1v) is 6.15. The van der Waals surface area contributed by atoms with Crippen LogP contribution in [-0.2, 0) is 16.1 Å². The van der Waals surface area contributed by atoms with E-state index in [1.165, 1.54) is 5.56 Å². The molecule has 4 nitrogen and oxygen atoms in total. The van der Waals surface area contributed by atoms with Crippen LogP contribution in [0.5, 0.6) is 0 Å². The Morgan fingerprint density at radius 3 is 2.67 bits per heavy atom. The van der Waals surface area contributed by atoms with Crippen molar-refractivity contribution in [3.63, 3.8) is 0 Å². The van der Waals surface area contributed by atoms with E-state index in [1.54, 1.807) is 11.9 Å². The Balaban J connectivity index is 2.00. The quantitative estimate of drug-likeness (QED) is 0.868. The number of carbonyl (C=O) groups is 2. The summed E-state index contributed by atoms with van der Waals surface area (Å²) in [6.07, 6.45) is 0.325. The number of benzene rings is 1. The van der Waals surface area contributed by atoms with Gasteiger partial charge in [-0.05, 0) is 12.5 Å². The van der Waals surface area contributed by atoms with E-state index in [-0.39, 0.29) is 17.7 Å². The van der Waals surface area contributed by atoms with Crippen molar-refractivity contribution in [3.8, 4) is 0 Å². The molecule has 1 saturated heterocycles. The standard InChI is InChI=1S/C14H18N2O2/c1-10-3-5-11(6-4-10)8-16-9-12(7-13(16)17)14(18)15-2/h3-6,12H,7-9H2,1-2H3,(H,15,18). The summed E-state index contributed by atoms with van der Waals surface area (Å²) in [6.45, 7) is 3.14. The lowest BCUT2D eigenvalue weighted by Crippen LogP contribution is -2.30. The molecule has 18 heavy (non-hydrogen) atoms. The average molecular weight is 246 g/mol. The molecule has 1 fully saturated rings. The fraction of sp³-hybridized carbons (Fsp3) is 0.429. The zero-order valence-corrected chi connectivity index (χ0v) is 10.8. The number of rotatable bonds is 3. The van der Waals surface area contributed by atoms with Crippen LogP contribution in [-0.4, -0.2) is 30.3 Å². The van der Waals surface area contributed by atoms with Crippen LogP contribution in [0.1, 0.15) is 17.5 Å². The van der Waals surface area contributed by atoms with Gasteiger partial charge in [-0.3, -0.25) is 9.59 Å². The molecule has 1 aromatic rings. The summed E-state index contributed by atoms with van der Waals surface area (Å²) in [6, 6.07) is 8.11. The van der Waals surface area contributed by atoms with Crippen molar-refractivity contribution < 1.29 is 9.59 Å². The normalized spacial score (nSPS) is 19.1. The third-order valence-corrected chi connectivity index (χ3v) is 3.33. The lowest BCUT2D eigenvalue weighted by atomic mass is 10.1. The molecular formula is C14H18N2O2. The maximum absolute atomic E-state index is 11.8. The number of aryl methyl sites for hydroxylation is 1. The Morgan fingerprint density at radius 2 is 2.06 bits per heavy atom. The molecule has 96 valence electrons. The van der Waals surface area contributed by atoms with E-state index in [0.29, 0.717) is 19.5 Å². The SMILES string of the molecule is CNC(=O)C1CC(=O)N(Cc2ccc(C)cc2)C1. The minimum absolute atomic E-state index is 0.0465. The van der Waals surface area contributed by atoms with Gasteiger partial charge in [0, 0.05) is 26.6 Å². The van der Waals surface area contributed by atoms with Gasteiger partial charge >= 0.3 is 0 Å². The van der Waals surface area contributed by atoms with Crippen LogP contribution >= 0.6 is 0 Å². The van der Waals surface area contributed by atoms with Gasteiger partial charge < -0.3 is 10.2 Å². The summed E-state index contributed by atoms with van der Waals surface area (Å²) in [5, 5.41) is 2.60. The molecule has 2 rings (SSSR count). The molecule has 0 spiro atoms. The molecule has 1 N–H and O–H groups in total. The topological polar surface area (TPSA) is 49.4 Å². The highest BCUT2D eigenvalue weighted by molar-refractivity contribution is 5.89. The van der Waals surface area contributed by atoms with Gasteiger partial charge in [-0.15, -0.1) is 0 Å². The highest BCUT2D eigenvalue weighted by Gasteiger charge is 2.33. The lowest BCUT2D eigenvalue weighted by Gasteiger charge is -2.16. The second-order valence-electron chi connectivity index (χ2n) is 4.78. The molecule has 1 atom stereocenters. The summed E-state index contributed by atoms with van der Waals surface area (Å²) >= 11 is 0. The molecular weight excluding hydrogens is 228 g/mol. The van der Waals surface area contributed by atoms with Crippen LogP contribution in [0, 0.1) is 12.8 Å². The van der Waals surface area contributed by atoms with E-state index in [0.717, 1.165) is 5.56 Å². The van der Waals surface area contributed by atoms with Crippen LogP contribution in [0.15, 0.2) is 24.3 Å². The summed E-state index contributed by atoms with van der Waals surface area (Å²) in [5.74, 6) is -0.188. The maximum Gasteiger partial charge on any atom is 0.225 e. The largest absolute Gasteiger partial charge is 0.359 e. The van der Waals surface area contributed by atoms with Crippen LogP contribution in [0.4, 0.5) is 0 Å². The van der Waals surface area contributed by atoms with Gasteiger partial charge in [-0.1, -0.05) is 29.8 Å². The number of hydrogen-bond acceptors (Lipinski definition) is 2. The molecule has 0 saturated carbocycles. The zero-order valence-electron chi connectivity index (χ0n) is 10.8. The first-order valence-electron chi connectivity index (χ1n) is 6.15. The third kappa shape index (κ3) is 2.70. The van der Waals surface area contributed by atoms with Gasteiger partial charge in [-0.25, -0.2) is 0 Å². The molecule has 1 aromatic carbocycles. The van der Waals surface area contributed by atoms with Crippen molar-refractivity contribution in [2.45, 2.75) is 19.9 Å². The van der Waals surface area contributed by atoms with E-state index in [9.17, 15) is 9.59 Å². The van der Waals surface area contributed by atoms with Crippen LogP contribution < -0.4 is 5.32 Å². The predicted molar refractivity (Wildman–Crippen MR) is 68.8 cm³/mol. The monoisotopic (exact) mass is 246 g/mol. The molecule has 0 bridgehead atoms. The Bertz CT molecular complexity index is 453. The van der Waals surface area contributed by atoms with Crippen LogP contribution in [0.2, 0.25) is 0 Å². The summed E-state index contributed by atoms with van der Waals surface area (Å²) in [5.41, 5.74) is 2.31. The van der Waals surface area contributed by atoms with E-state index in [2.05, 4.69) is 5.32 Å². The Morgan fingerprint density at radius 1 is 1.39 bits per heavy atom. The van der Waals surface area contributed by atoms with Gasteiger partial charge in [-0.2, -0.15) is 0 Å².